The molecule has 2 aromatic heterocycles. The van der Waals surface area contributed by atoms with E-state index in [1.54, 1.807) is 12.4 Å². The second-order valence-corrected chi connectivity index (χ2v) is 5.86. The van der Waals surface area contributed by atoms with Crippen LogP contribution in [0.15, 0.2) is 24.5 Å². The zero-order valence-corrected chi connectivity index (χ0v) is 12.2. The monoisotopic (exact) mass is 286 g/mol. The van der Waals surface area contributed by atoms with Crippen LogP contribution in [0.4, 0.5) is 5.82 Å². The van der Waals surface area contributed by atoms with Crippen molar-refractivity contribution in [3.63, 3.8) is 0 Å². The molecule has 21 heavy (non-hydrogen) atoms. The van der Waals surface area contributed by atoms with Gasteiger partial charge in [-0.3, -0.25) is 9.78 Å². The van der Waals surface area contributed by atoms with E-state index in [9.17, 15) is 9.90 Å². The quantitative estimate of drug-likeness (QED) is 0.929. The van der Waals surface area contributed by atoms with E-state index in [-0.39, 0.29) is 5.92 Å². The summed E-state index contributed by atoms with van der Waals surface area (Å²) in [7, 11) is 0. The third kappa shape index (κ3) is 2.20. The van der Waals surface area contributed by atoms with E-state index < -0.39 is 11.4 Å². The topological polar surface area (TPSA) is 79.2 Å². The van der Waals surface area contributed by atoms with Gasteiger partial charge in [0.05, 0.1) is 5.41 Å². The summed E-state index contributed by atoms with van der Waals surface area (Å²) < 4.78 is 0. The van der Waals surface area contributed by atoms with Crippen LogP contribution < -0.4 is 4.90 Å². The van der Waals surface area contributed by atoms with Crippen molar-refractivity contribution in [1.29, 1.82) is 0 Å². The molecule has 1 saturated heterocycles. The average Bonchev–Trinajstić information content (AvgIpc) is 2.93. The molecule has 3 heterocycles. The van der Waals surface area contributed by atoms with Crippen molar-refractivity contribution in [1.82, 2.24) is 15.0 Å². The van der Waals surface area contributed by atoms with E-state index in [0.29, 0.717) is 25.2 Å². The van der Waals surface area contributed by atoms with Crippen molar-refractivity contribution in [2.75, 3.05) is 18.0 Å². The zero-order chi connectivity index (χ0) is 15.0. The van der Waals surface area contributed by atoms with E-state index in [2.05, 4.69) is 15.0 Å². The smallest absolute Gasteiger partial charge is 0.311 e. The Kier molecular flexibility index (Phi) is 3.23. The highest BCUT2D eigenvalue weighted by Gasteiger charge is 2.47. The lowest BCUT2D eigenvalue weighted by Gasteiger charge is -2.28. The number of fused-ring (bicyclic) bond motifs is 1. The number of nitrogens with zero attached hydrogens (tertiary/aromatic N) is 4. The van der Waals surface area contributed by atoms with Gasteiger partial charge in [-0.2, -0.15) is 0 Å². The predicted octanol–water partition coefficient (Wildman–Crippen LogP) is 1.96. The van der Waals surface area contributed by atoms with Crippen molar-refractivity contribution in [3.05, 3.63) is 24.5 Å². The van der Waals surface area contributed by atoms with Gasteiger partial charge in [0.1, 0.15) is 11.3 Å². The molecule has 0 saturated carbocycles. The molecule has 0 radical (unpaired) electrons. The summed E-state index contributed by atoms with van der Waals surface area (Å²) >= 11 is 0. The minimum atomic E-state index is -0.722. The number of rotatable bonds is 3. The fraction of sp³-hybridized carbons (Fsp3) is 0.467. The van der Waals surface area contributed by atoms with E-state index in [0.717, 1.165) is 11.3 Å². The van der Waals surface area contributed by atoms with E-state index in [4.69, 9.17) is 0 Å². The highest BCUT2D eigenvalue weighted by molar-refractivity contribution is 5.77. The Balaban J connectivity index is 1.92. The Labute approximate surface area is 122 Å². The number of carboxylic acid groups (broad SMARTS) is 1. The predicted molar refractivity (Wildman–Crippen MR) is 79.1 cm³/mol. The van der Waals surface area contributed by atoms with Crippen LogP contribution in [0, 0.1) is 11.3 Å². The van der Waals surface area contributed by atoms with Crippen LogP contribution in [-0.2, 0) is 4.79 Å². The number of hydrogen-bond donors (Lipinski definition) is 1. The second kappa shape index (κ2) is 4.95. The van der Waals surface area contributed by atoms with Crippen molar-refractivity contribution in [2.45, 2.75) is 20.3 Å². The number of carbonyl (C=O) groups is 1. The fourth-order valence-electron chi connectivity index (χ4n) is 2.94. The van der Waals surface area contributed by atoms with Gasteiger partial charge in [0.2, 0.25) is 0 Å². The highest BCUT2D eigenvalue weighted by atomic mass is 16.4. The van der Waals surface area contributed by atoms with Crippen LogP contribution in [0.3, 0.4) is 0 Å². The molecule has 1 N–H and O–H groups in total. The largest absolute Gasteiger partial charge is 0.481 e. The molecule has 2 aromatic rings. The Hall–Kier alpha value is -2.24. The molecule has 0 aromatic carbocycles. The lowest BCUT2D eigenvalue weighted by molar-refractivity contribution is -0.150. The number of pyridine rings is 1. The van der Waals surface area contributed by atoms with Gasteiger partial charge in [-0.05, 0) is 24.5 Å². The molecule has 0 spiro atoms. The van der Waals surface area contributed by atoms with Gasteiger partial charge in [0.25, 0.3) is 0 Å². The second-order valence-electron chi connectivity index (χ2n) is 5.86. The van der Waals surface area contributed by atoms with Crippen molar-refractivity contribution in [3.8, 4) is 0 Å². The molecule has 1 aliphatic rings. The molecule has 6 heteroatoms. The van der Waals surface area contributed by atoms with Crippen LogP contribution in [0.5, 0.6) is 0 Å². The minimum absolute atomic E-state index is 0.0836. The fourth-order valence-corrected chi connectivity index (χ4v) is 2.94. The number of anilines is 1. The summed E-state index contributed by atoms with van der Waals surface area (Å²) in [5.74, 6) is 0.132. The minimum Gasteiger partial charge on any atom is -0.481 e. The summed E-state index contributed by atoms with van der Waals surface area (Å²) in [6, 6.07) is 3.76. The van der Waals surface area contributed by atoms with Crippen LogP contribution >= 0.6 is 0 Å². The summed E-state index contributed by atoms with van der Waals surface area (Å²) in [4.78, 5) is 26.6. The number of carboxylic acids is 1. The van der Waals surface area contributed by atoms with Crippen molar-refractivity contribution in [2.24, 2.45) is 11.3 Å². The number of aliphatic carboxylic acids is 1. The molecular weight excluding hydrogens is 268 g/mol. The van der Waals surface area contributed by atoms with Gasteiger partial charge < -0.3 is 10.0 Å². The van der Waals surface area contributed by atoms with Gasteiger partial charge >= 0.3 is 5.97 Å². The number of aromatic nitrogens is 3. The maximum Gasteiger partial charge on any atom is 0.311 e. The molecule has 1 atom stereocenters. The van der Waals surface area contributed by atoms with Crippen LogP contribution in [0.2, 0.25) is 0 Å². The Morgan fingerprint density at radius 2 is 2.10 bits per heavy atom. The maximum atomic E-state index is 11.7. The summed E-state index contributed by atoms with van der Waals surface area (Å²) in [5.41, 5.74) is 0.639. The van der Waals surface area contributed by atoms with Crippen molar-refractivity contribution < 1.29 is 9.90 Å². The number of hydrogen-bond acceptors (Lipinski definition) is 5. The third-order valence-corrected chi connectivity index (χ3v) is 4.47. The summed E-state index contributed by atoms with van der Waals surface area (Å²) in [6.07, 6.45) is 3.88. The first-order valence-electron chi connectivity index (χ1n) is 7.09. The van der Waals surface area contributed by atoms with E-state index in [1.165, 1.54) is 0 Å². The van der Waals surface area contributed by atoms with Gasteiger partial charge in [0, 0.05) is 25.5 Å². The molecule has 110 valence electrons. The SMILES string of the molecule is CC(C)C1(C(=O)O)CCN(c2ccc3nccnc3n2)C1. The Bertz CT molecular complexity index is 688. The van der Waals surface area contributed by atoms with Crippen LogP contribution in [0.25, 0.3) is 11.2 Å². The van der Waals surface area contributed by atoms with Gasteiger partial charge in [0.15, 0.2) is 5.65 Å². The first-order chi connectivity index (χ1) is 10.0. The summed E-state index contributed by atoms with van der Waals surface area (Å²) in [5, 5.41) is 9.60. The average molecular weight is 286 g/mol. The molecular formula is C15H18N4O2. The maximum absolute atomic E-state index is 11.7. The molecule has 1 aliphatic heterocycles. The first kappa shape index (κ1) is 13.7. The summed E-state index contributed by atoms with van der Waals surface area (Å²) in [6.45, 7) is 5.12. The molecule has 0 amide bonds. The lowest BCUT2D eigenvalue weighted by Crippen LogP contribution is -2.39. The zero-order valence-electron chi connectivity index (χ0n) is 12.2. The van der Waals surface area contributed by atoms with Gasteiger partial charge in [-0.1, -0.05) is 13.8 Å². The third-order valence-electron chi connectivity index (χ3n) is 4.47. The first-order valence-corrected chi connectivity index (χ1v) is 7.09. The van der Waals surface area contributed by atoms with Gasteiger partial charge in [-0.15, -0.1) is 0 Å². The molecule has 1 fully saturated rings. The Morgan fingerprint density at radius 3 is 2.76 bits per heavy atom. The normalized spacial score (nSPS) is 22.1. The lowest BCUT2D eigenvalue weighted by atomic mass is 9.76. The standard InChI is InChI=1S/C15H18N4O2/c1-10(2)15(14(20)21)5-8-19(9-15)12-4-3-11-13(18-12)17-7-6-16-11/h3-4,6-7,10H,5,8-9H2,1-2H3,(H,20,21). The molecule has 0 aliphatic carbocycles. The van der Waals surface area contributed by atoms with Crippen LogP contribution in [-0.4, -0.2) is 39.1 Å². The van der Waals surface area contributed by atoms with Gasteiger partial charge in [-0.25, -0.2) is 9.97 Å². The molecule has 0 bridgehead atoms. The Morgan fingerprint density at radius 1 is 1.33 bits per heavy atom. The van der Waals surface area contributed by atoms with E-state index >= 15 is 0 Å². The van der Waals surface area contributed by atoms with Crippen molar-refractivity contribution >= 4 is 23.0 Å². The molecule has 6 nitrogen and oxygen atoms in total. The molecule has 1 unspecified atom stereocenters. The highest BCUT2D eigenvalue weighted by Crippen LogP contribution is 2.39. The molecule has 3 rings (SSSR count). The van der Waals surface area contributed by atoms with E-state index in [1.807, 2.05) is 30.9 Å². The van der Waals surface area contributed by atoms with Crippen LogP contribution in [0.1, 0.15) is 20.3 Å².